The lowest BCUT2D eigenvalue weighted by Gasteiger charge is -2.35. The molecule has 0 aliphatic carbocycles. The Balaban J connectivity index is 0.00000243. The van der Waals surface area contributed by atoms with Gasteiger partial charge in [-0.15, -0.1) is 12.4 Å². The van der Waals surface area contributed by atoms with Crippen LogP contribution in [0.1, 0.15) is 12.8 Å². The van der Waals surface area contributed by atoms with Gasteiger partial charge in [-0.1, -0.05) is 12.1 Å². The standard InChI is InChI=1S/C18H22N2O4S.ClH/c1-19-13-5-8-18-24-17-7-4-3-6-16(17)20(25(18,21)22)14-9-11-15(23-2)12-10-14;/h3-4,6-7,9-12,18-19H,5,8,13H2,1-2H3;1H. The number of ether oxygens (including phenoxy) is 2. The molecule has 2 aromatic rings. The number of sulfonamides is 1. The Labute approximate surface area is 160 Å². The van der Waals surface area contributed by atoms with E-state index in [1.807, 2.05) is 13.1 Å². The summed E-state index contributed by atoms with van der Waals surface area (Å²) < 4.78 is 38.7. The lowest BCUT2D eigenvalue weighted by molar-refractivity contribution is 0.254. The minimum atomic E-state index is -3.69. The van der Waals surface area contributed by atoms with Crippen LogP contribution in [0, 0.1) is 0 Å². The van der Waals surface area contributed by atoms with E-state index in [1.165, 1.54) is 4.31 Å². The van der Waals surface area contributed by atoms with Gasteiger partial charge in [0.1, 0.15) is 11.5 Å². The summed E-state index contributed by atoms with van der Waals surface area (Å²) in [6.45, 7) is 0.736. The smallest absolute Gasteiger partial charge is 0.277 e. The van der Waals surface area contributed by atoms with E-state index in [-0.39, 0.29) is 12.4 Å². The van der Waals surface area contributed by atoms with Crippen molar-refractivity contribution >= 4 is 33.8 Å². The Morgan fingerprint density at radius 2 is 1.85 bits per heavy atom. The van der Waals surface area contributed by atoms with E-state index in [1.54, 1.807) is 49.6 Å². The summed E-state index contributed by atoms with van der Waals surface area (Å²) in [5.74, 6) is 1.25. The highest BCUT2D eigenvalue weighted by atomic mass is 35.5. The summed E-state index contributed by atoms with van der Waals surface area (Å²) in [5, 5.41) is 3.03. The van der Waals surface area contributed by atoms with Gasteiger partial charge in [-0.25, -0.2) is 12.7 Å². The molecule has 0 radical (unpaired) electrons. The van der Waals surface area contributed by atoms with Gasteiger partial charge in [0.15, 0.2) is 0 Å². The van der Waals surface area contributed by atoms with Gasteiger partial charge in [0.2, 0.25) is 5.44 Å². The van der Waals surface area contributed by atoms with Crippen molar-refractivity contribution in [3.63, 3.8) is 0 Å². The van der Waals surface area contributed by atoms with Gasteiger partial charge < -0.3 is 14.8 Å². The zero-order chi connectivity index (χ0) is 17.9. The third-order valence-corrected chi connectivity index (χ3v) is 6.02. The fraction of sp³-hybridized carbons (Fsp3) is 0.333. The van der Waals surface area contributed by atoms with Gasteiger partial charge in [-0.3, -0.25) is 0 Å². The molecule has 26 heavy (non-hydrogen) atoms. The van der Waals surface area contributed by atoms with Gasteiger partial charge in [-0.05, 0) is 56.4 Å². The average molecular weight is 399 g/mol. The third-order valence-electron chi connectivity index (χ3n) is 4.10. The minimum absolute atomic E-state index is 0. The molecular formula is C18H23ClN2O4S. The molecule has 0 amide bonds. The van der Waals surface area contributed by atoms with E-state index in [0.717, 1.165) is 6.54 Å². The molecule has 1 unspecified atom stereocenters. The van der Waals surface area contributed by atoms with Crippen molar-refractivity contribution in [1.29, 1.82) is 0 Å². The van der Waals surface area contributed by atoms with Crippen LogP contribution in [0.25, 0.3) is 0 Å². The number of anilines is 2. The highest BCUT2D eigenvalue weighted by Gasteiger charge is 2.40. The Morgan fingerprint density at radius 1 is 1.15 bits per heavy atom. The molecule has 8 heteroatoms. The first kappa shape index (κ1) is 20.4. The van der Waals surface area contributed by atoms with Crippen LogP contribution in [0.15, 0.2) is 48.5 Å². The second-order valence-corrected chi connectivity index (χ2v) is 7.69. The largest absolute Gasteiger partial charge is 0.497 e. The number of nitrogens with one attached hydrogen (secondary N) is 1. The fourth-order valence-corrected chi connectivity index (χ4v) is 4.60. The van der Waals surface area contributed by atoms with E-state index in [9.17, 15) is 8.42 Å². The predicted molar refractivity (Wildman–Crippen MR) is 105 cm³/mol. The number of para-hydroxylation sites is 2. The van der Waals surface area contributed by atoms with Crippen molar-refractivity contribution in [3.05, 3.63) is 48.5 Å². The Morgan fingerprint density at radius 3 is 2.50 bits per heavy atom. The second kappa shape index (κ2) is 8.62. The molecule has 0 saturated heterocycles. The van der Waals surface area contributed by atoms with Crippen LogP contribution in [0.5, 0.6) is 11.5 Å². The molecule has 1 aliphatic heterocycles. The highest BCUT2D eigenvalue weighted by Crippen LogP contribution is 2.43. The minimum Gasteiger partial charge on any atom is -0.497 e. The molecule has 0 fully saturated rings. The number of rotatable bonds is 6. The molecule has 0 saturated carbocycles. The van der Waals surface area contributed by atoms with Crippen LogP contribution in [-0.2, 0) is 10.0 Å². The van der Waals surface area contributed by atoms with E-state index < -0.39 is 15.5 Å². The van der Waals surface area contributed by atoms with Gasteiger partial charge in [-0.2, -0.15) is 0 Å². The van der Waals surface area contributed by atoms with Crippen molar-refractivity contribution in [2.45, 2.75) is 18.3 Å². The molecule has 1 heterocycles. The van der Waals surface area contributed by atoms with E-state index in [2.05, 4.69) is 5.32 Å². The zero-order valence-corrected chi connectivity index (χ0v) is 16.3. The number of fused-ring (bicyclic) bond motifs is 1. The highest BCUT2D eigenvalue weighted by molar-refractivity contribution is 7.93. The molecule has 0 spiro atoms. The van der Waals surface area contributed by atoms with Gasteiger partial charge >= 0.3 is 0 Å². The number of methoxy groups -OCH3 is 1. The first-order chi connectivity index (χ1) is 12.1. The van der Waals surface area contributed by atoms with Crippen LogP contribution in [0.3, 0.4) is 0 Å². The molecule has 1 atom stereocenters. The number of benzene rings is 2. The molecule has 1 N–H and O–H groups in total. The SMILES string of the molecule is CNCCCC1Oc2ccccc2N(c2ccc(OC)cc2)S1(=O)=O.Cl. The molecule has 0 bridgehead atoms. The third kappa shape index (κ3) is 3.90. The van der Waals surface area contributed by atoms with Crippen molar-refractivity contribution in [3.8, 4) is 11.5 Å². The van der Waals surface area contributed by atoms with E-state index >= 15 is 0 Å². The van der Waals surface area contributed by atoms with E-state index in [4.69, 9.17) is 9.47 Å². The quantitative estimate of drug-likeness (QED) is 0.756. The lowest BCUT2D eigenvalue weighted by Crippen LogP contribution is -2.43. The molecule has 6 nitrogen and oxygen atoms in total. The number of hydrogen-bond acceptors (Lipinski definition) is 5. The molecule has 2 aromatic carbocycles. The van der Waals surface area contributed by atoms with Crippen LogP contribution < -0.4 is 19.1 Å². The maximum atomic E-state index is 13.2. The maximum absolute atomic E-state index is 13.2. The Hall–Kier alpha value is -1.96. The van der Waals surface area contributed by atoms with Gasteiger partial charge in [0.25, 0.3) is 10.0 Å². The molecule has 142 valence electrons. The second-order valence-electron chi connectivity index (χ2n) is 5.77. The van der Waals surface area contributed by atoms with Crippen LogP contribution in [0.4, 0.5) is 11.4 Å². The molecule has 3 rings (SSSR count). The lowest BCUT2D eigenvalue weighted by atomic mass is 10.2. The van der Waals surface area contributed by atoms with Gasteiger partial charge in [0.05, 0.1) is 18.5 Å². The van der Waals surface area contributed by atoms with Crippen molar-refractivity contribution < 1.29 is 17.9 Å². The van der Waals surface area contributed by atoms with Gasteiger partial charge in [0, 0.05) is 6.42 Å². The summed E-state index contributed by atoms with van der Waals surface area (Å²) in [4.78, 5) is 0. The maximum Gasteiger partial charge on any atom is 0.277 e. The summed E-state index contributed by atoms with van der Waals surface area (Å²) >= 11 is 0. The predicted octanol–water partition coefficient (Wildman–Crippen LogP) is 3.30. The monoisotopic (exact) mass is 398 g/mol. The van der Waals surface area contributed by atoms with Crippen molar-refractivity contribution in [1.82, 2.24) is 5.32 Å². The molecule has 0 aromatic heterocycles. The average Bonchev–Trinajstić information content (AvgIpc) is 2.62. The first-order valence-corrected chi connectivity index (χ1v) is 9.66. The molecular weight excluding hydrogens is 376 g/mol. The normalized spacial score (nSPS) is 17.6. The fourth-order valence-electron chi connectivity index (χ4n) is 2.84. The topological polar surface area (TPSA) is 67.9 Å². The summed E-state index contributed by atoms with van der Waals surface area (Å²) in [7, 11) is -0.269. The summed E-state index contributed by atoms with van der Waals surface area (Å²) in [6.07, 6.45) is 1.13. The van der Waals surface area contributed by atoms with Crippen LogP contribution in [-0.4, -0.2) is 34.6 Å². The van der Waals surface area contributed by atoms with Crippen molar-refractivity contribution in [2.24, 2.45) is 0 Å². The number of nitrogens with zero attached hydrogens (tertiary/aromatic N) is 1. The van der Waals surface area contributed by atoms with Crippen molar-refractivity contribution in [2.75, 3.05) is 25.0 Å². The van der Waals surface area contributed by atoms with Crippen LogP contribution in [0.2, 0.25) is 0 Å². The number of hydrogen-bond donors (Lipinski definition) is 1. The number of halogens is 1. The molecule has 1 aliphatic rings. The first-order valence-electron chi connectivity index (χ1n) is 8.16. The Bertz CT molecular complexity index is 827. The summed E-state index contributed by atoms with van der Waals surface area (Å²) in [5.41, 5.74) is 0.186. The van der Waals surface area contributed by atoms with Crippen LogP contribution >= 0.6 is 12.4 Å². The zero-order valence-electron chi connectivity index (χ0n) is 14.7. The Kier molecular flexibility index (Phi) is 6.75. The van der Waals surface area contributed by atoms with E-state index in [0.29, 0.717) is 35.7 Å². The summed E-state index contributed by atoms with van der Waals surface area (Å²) in [6, 6.07) is 14.2.